The van der Waals surface area contributed by atoms with Gasteiger partial charge in [-0.15, -0.1) is 0 Å². The number of halogens is 3. The van der Waals surface area contributed by atoms with E-state index in [4.69, 9.17) is 23.2 Å². The number of aliphatic hydroxyl groups excluding tert-OH is 1. The van der Waals surface area contributed by atoms with Crippen molar-refractivity contribution in [1.29, 1.82) is 0 Å². The van der Waals surface area contributed by atoms with Gasteiger partial charge >= 0.3 is 0 Å². The summed E-state index contributed by atoms with van der Waals surface area (Å²) in [6, 6.07) is 11.0. The summed E-state index contributed by atoms with van der Waals surface area (Å²) < 4.78 is 13.6. The van der Waals surface area contributed by atoms with Crippen LogP contribution in [0.1, 0.15) is 17.2 Å². The van der Waals surface area contributed by atoms with Gasteiger partial charge in [0.15, 0.2) is 0 Å². The van der Waals surface area contributed by atoms with Gasteiger partial charge in [0.1, 0.15) is 11.9 Å². The molecule has 0 fully saturated rings. The van der Waals surface area contributed by atoms with Crippen LogP contribution in [0.25, 0.3) is 0 Å². The Morgan fingerprint density at radius 3 is 2.24 bits per heavy atom. The van der Waals surface area contributed by atoms with E-state index in [0.717, 1.165) is 0 Å². The SMILES string of the molecule is OC(c1ccccc1Cl)c1c(F)cccc1Cl. The van der Waals surface area contributed by atoms with Gasteiger partial charge in [0, 0.05) is 21.2 Å². The summed E-state index contributed by atoms with van der Waals surface area (Å²) in [4.78, 5) is 0. The number of rotatable bonds is 2. The topological polar surface area (TPSA) is 20.2 Å². The van der Waals surface area contributed by atoms with E-state index in [1.54, 1.807) is 24.3 Å². The molecule has 0 bridgehead atoms. The highest BCUT2D eigenvalue weighted by atomic mass is 35.5. The van der Waals surface area contributed by atoms with Gasteiger partial charge in [-0.05, 0) is 18.2 Å². The second kappa shape index (κ2) is 5.05. The summed E-state index contributed by atoms with van der Waals surface area (Å²) in [6.45, 7) is 0. The molecular formula is C13H9Cl2FO. The molecule has 0 saturated carbocycles. The predicted molar refractivity (Wildman–Crippen MR) is 66.9 cm³/mol. The molecule has 0 radical (unpaired) electrons. The van der Waals surface area contributed by atoms with Gasteiger partial charge in [-0.2, -0.15) is 0 Å². The van der Waals surface area contributed by atoms with Gasteiger partial charge in [-0.25, -0.2) is 4.39 Å². The van der Waals surface area contributed by atoms with Crippen molar-refractivity contribution in [2.75, 3.05) is 0 Å². The smallest absolute Gasteiger partial charge is 0.130 e. The third-order valence-electron chi connectivity index (χ3n) is 2.47. The highest BCUT2D eigenvalue weighted by Crippen LogP contribution is 2.33. The molecule has 0 aliphatic rings. The molecule has 0 aliphatic carbocycles. The quantitative estimate of drug-likeness (QED) is 0.867. The van der Waals surface area contributed by atoms with Crippen LogP contribution in [-0.2, 0) is 0 Å². The molecular weight excluding hydrogens is 262 g/mol. The second-order valence-corrected chi connectivity index (χ2v) is 4.37. The van der Waals surface area contributed by atoms with E-state index in [-0.39, 0.29) is 10.6 Å². The van der Waals surface area contributed by atoms with Crippen molar-refractivity contribution in [3.05, 3.63) is 69.5 Å². The molecule has 1 unspecified atom stereocenters. The fourth-order valence-electron chi connectivity index (χ4n) is 1.62. The monoisotopic (exact) mass is 270 g/mol. The van der Waals surface area contributed by atoms with Gasteiger partial charge < -0.3 is 5.11 Å². The molecule has 88 valence electrons. The Balaban J connectivity index is 2.51. The van der Waals surface area contributed by atoms with E-state index in [1.165, 1.54) is 18.2 Å². The first-order valence-corrected chi connectivity index (χ1v) is 5.73. The molecule has 0 heterocycles. The van der Waals surface area contributed by atoms with Crippen LogP contribution < -0.4 is 0 Å². The summed E-state index contributed by atoms with van der Waals surface area (Å²) in [6.07, 6.45) is -1.17. The molecule has 2 aromatic carbocycles. The minimum absolute atomic E-state index is 0.0438. The van der Waals surface area contributed by atoms with Crippen LogP contribution in [0.5, 0.6) is 0 Å². The summed E-state index contributed by atoms with van der Waals surface area (Å²) in [5, 5.41) is 10.7. The lowest BCUT2D eigenvalue weighted by molar-refractivity contribution is 0.215. The lowest BCUT2D eigenvalue weighted by atomic mass is 10.0. The Morgan fingerprint density at radius 1 is 0.941 bits per heavy atom. The van der Waals surface area contributed by atoms with Crippen LogP contribution in [-0.4, -0.2) is 5.11 Å². The largest absolute Gasteiger partial charge is 0.383 e. The number of hydrogen-bond acceptors (Lipinski definition) is 1. The summed E-state index contributed by atoms with van der Waals surface area (Å²) in [5.41, 5.74) is 0.475. The van der Waals surface area contributed by atoms with Crippen molar-refractivity contribution >= 4 is 23.2 Å². The average Bonchev–Trinajstić information content (AvgIpc) is 2.29. The van der Waals surface area contributed by atoms with Crippen molar-refractivity contribution in [3.8, 4) is 0 Å². The molecule has 1 N–H and O–H groups in total. The highest BCUT2D eigenvalue weighted by molar-refractivity contribution is 6.32. The maximum absolute atomic E-state index is 13.6. The molecule has 4 heteroatoms. The molecule has 0 amide bonds. The fraction of sp³-hybridized carbons (Fsp3) is 0.0769. The molecule has 0 aromatic heterocycles. The Kier molecular flexibility index (Phi) is 3.67. The maximum atomic E-state index is 13.6. The summed E-state index contributed by atoms with van der Waals surface area (Å²) >= 11 is 11.8. The van der Waals surface area contributed by atoms with Crippen molar-refractivity contribution in [2.24, 2.45) is 0 Å². The Labute approximate surface area is 108 Å². The molecule has 17 heavy (non-hydrogen) atoms. The van der Waals surface area contributed by atoms with Crippen molar-refractivity contribution < 1.29 is 9.50 Å². The lowest BCUT2D eigenvalue weighted by Crippen LogP contribution is -2.04. The normalized spacial score (nSPS) is 12.5. The van der Waals surface area contributed by atoms with E-state index >= 15 is 0 Å². The zero-order valence-electron chi connectivity index (χ0n) is 8.70. The van der Waals surface area contributed by atoms with Crippen LogP contribution in [0.15, 0.2) is 42.5 Å². The summed E-state index contributed by atoms with van der Waals surface area (Å²) in [5.74, 6) is -0.551. The Morgan fingerprint density at radius 2 is 1.59 bits per heavy atom. The summed E-state index contributed by atoms with van der Waals surface area (Å²) in [7, 11) is 0. The van der Waals surface area contributed by atoms with E-state index in [2.05, 4.69) is 0 Å². The Bertz CT molecular complexity index is 522. The standard InChI is InChI=1S/C13H9Cl2FO/c14-9-5-2-1-4-8(9)13(17)12-10(15)6-3-7-11(12)16/h1-7,13,17H. The second-order valence-electron chi connectivity index (χ2n) is 3.56. The van der Waals surface area contributed by atoms with E-state index in [1.807, 2.05) is 0 Å². The maximum Gasteiger partial charge on any atom is 0.130 e. The number of aliphatic hydroxyl groups is 1. The van der Waals surface area contributed by atoms with Crippen LogP contribution in [0.2, 0.25) is 10.0 Å². The van der Waals surface area contributed by atoms with Crippen molar-refractivity contribution in [1.82, 2.24) is 0 Å². The van der Waals surface area contributed by atoms with Crippen molar-refractivity contribution in [3.63, 3.8) is 0 Å². The molecule has 0 aliphatic heterocycles. The van der Waals surface area contributed by atoms with Crippen molar-refractivity contribution in [2.45, 2.75) is 6.10 Å². The van der Waals surface area contributed by atoms with Gasteiger partial charge in [0.2, 0.25) is 0 Å². The number of benzene rings is 2. The molecule has 1 atom stereocenters. The lowest BCUT2D eigenvalue weighted by Gasteiger charge is -2.15. The van der Waals surface area contributed by atoms with Crippen LogP contribution in [0.4, 0.5) is 4.39 Å². The fourth-order valence-corrected chi connectivity index (χ4v) is 2.13. The average molecular weight is 271 g/mol. The van der Waals surface area contributed by atoms with Gasteiger partial charge in [0.05, 0.1) is 0 Å². The van der Waals surface area contributed by atoms with Gasteiger partial charge in [0.25, 0.3) is 0 Å². The zero-order valence-corrected chi connectivity index (χ0v) is 10.2. The number of hydrogen-bond donors (Lipinski definition) is 1. The highest BCUT2D eigenvalue weighted by Gasteiger charge is 2.20. The first-order valence-electron chi connectivity index (χ1n) is 4.97. The van der Waals surface area contributed by atoms with Crippen LogP contribution in [0, 0.1) is 5.82 Å². The minimum atomic E-state index is -1.17. The van der Waals surface area contributed by atoms with Gasteiger partial charge in [-0.1, -0.05) is 47.5 Å². The zero-order chi connectivity index (χ0) is 12.4. The van der Waals surface area contributed by atoms with Crippen LogP contribution in [0.3, 0.4) is 0 Å². The van der Waals surface area contributed by atoms with E-state index < -0.39 is 11.9 Å². The van der Waals surface area contributed by atoms with E-state index in [9.17, 15) is 9.50 Å². The molecule has 0 spiro atoms. The molecule has 1 nitrogen and oxygen atoms in total. The third kappa shape index (κ3) is 2.44. The Hall–Kier alpha value is -1.09. The first kappa shape index (κ1) is 12.4. The predicted octanol–water partition coefficient (Wildman–Crippen LogP) is 4.21. The molecule has 2 rings (SSSR count). The molecule has 2 aromatic rings. The van der Waals surface area contributed by atoms with E-state index in [0.29, 0.717) is 10.6 Å². The molecule has 0 saturated heterocycles. The first-order chi connectivity index (χ1) is 8.11. The third-order valence-corrected chi connectivity index (χ3v) is 3.15. The van der Waals surface area contributed by atoms with Gasteiger partial charge in [-0.3, -0.25) is 0 Å². The van der Waals surface area contributed by atoms with Crippen LogP contribution >= 0.6 is 23.2 Å². The minimum Gasteiger partial charge on any atom is -0.383 e.